The number of carbonyl (C=O) groups excluding carboxylic acids is 2. The van der Waals surface area contributed by atoms with Crippen LogP contribution in [0.3, 0.4) is 0 Å². The normalized spacial score (nSPS) is 20.1. The van der Waals surface area contributed by atoms with Crippen molar-refractivity contribution in [3.63, 3.8) is 0 Å². The van der Waals surface area contributed by atoms with Crippen molar-refractivity contribution in [3.05, 3.63) is 28.7 Å². The van der Waals surface area contributed by atoms with Crippen LogP contribution in [0.25, 0.3) is 0 Å². The summed E-state index contributed by atoms with van der Waals surface area (Å²) in [5, 5.41) is 0. The molecule has 1 aliphatic rings. The number of likely N-dealkylation sites (N-methyl/N-ethyl adjacent to an activating group) is 1. The third-order valence-corrected chi connectivity index (χ3v) is 5.29. The summed E-state index contributed by atoms with van der Waals surface area (Å²) in [4.78, 5) is 24.0. The lowest BCUT2D eigenvalue weighted by atomic mass is 10.3. The van der Waals surface area contributed by atoms with Crippen LogP contribution in [0.4, 0.5) is 0 Å². The topological polar surface area (TPSA) is 83.6 Å². The lowest BCUT2D eigenvalue weighted by Crippen LogP contribution is -2.40. The Kier molecular flexibility index (Phi) is 3.75. The summed E-state index contributed by atoms with van der Waals surface area (Å²) in [6, 6.07) is 5.23. The van der Waals surface area contributed by atoms with Gasteiger partial charge in [0, 0.05) is 11.5 Å². The van der Waals surface area contributed by atoms with Crippen molar-refractivity contribution in [1.82, 2.24) is 9.62 Å². The van der Waals surface area contributed by atoms with Crippen LogP contribution in [0.15, 0.2) is 33.6 Å². The summed E-state index contributed by atoms with van der Waals surface area (Å²) in [6.07, 6.45) is -0.154. The van der Waals surface area contributed by atoms with E-state index in [1.54, 1.807) is 18.2 Å². The predicted octanol–water partition coefficient (Wildman–Crippen LogP) is 0.485. The van der Waals surface area contributed by atoms with E-state index < -0.39 is 27.9 Å². The Balaban J connectivity index is 2.27. The first-order valence-corrected chi connectivity index (χ1v) is 7.68. The zero-order valence-electron chi connectivity index (χ0n) is 9.96. The van der Waals surface area contributed by atoms with Gasteiger partial charge in [0.25, 0.3) is 0 Å². The van der Waals surface area contributed by atoms with Gasteiger partial charge in [-0.3, -0.25) is 14.5 Å². The SMILES string of the molecule is CN1C(=O)CC(NS(=O)(=O)c2ccccc2Br)C1=O. The second-order valence-electron chi connectivity index (χ2n) is 4.10. The quantitative estimate of drug-likeness (QED) is 0.807. The van der Waals surface area contributed by atoms with Crippen molar-refractivity contribution in [2.24, 2.45) is 0 Å². The molecular weight excluding hydrogens is 336 g/mol. The van der Waals surface area contributed by atoms with Gasteiger partial charge in [-0.25, -0.2) is 8.42 Å². The average molecular weight is 347 g/mol. The molecule has 0 aromatic heterocycles. The molecule has 0 spiro atoms. The highest BCUT2D eigenvalue weighted by Gasteiger charge is 2.38. The van der Waals surface area contributed by atoms with Gasteiger partial charge in [-0.15, -0.1) is 0 Å². The maximum atomic E-state index is 12.1. The predicted molar refractivity (Wildman–Crippen MR) is 70.6 cm³/mol. The molecule has 1 atom stereocenters. The number of amides is 2. The van der Waals surface area contributed by atoms with Crippen LogP contribution in [-0.2, 0) is 19.6 Å². The lowest BCUT2D eigenvalue weighted by Gasteiger charge is -2.12. The molecule has 1 N–H and O–H groups in total. The highest BCUT2D eigenvalue weighted by Crippen LogP contribution is 2.22. The number of benzene rings is 1. The van der Waals surface area contributed by atoms with Crippen LogP contribution in [0.1, 0.15) is 6.42 Å². The first-order valence-electron chi connectivity index (χ1n) is 5.40. The molecule has 1 aliphatic heterocycles. The summed E-state index contributed by atoms with van der Waals surface area (Å²) >= 11 is 3.14. The number of nitrogens with one attached hydrogen (secondary N) is 1. The van der Waals surface area contributed by atoms with E-state index in [-0.39, 0.29) is 11.3 Å². The van der Waals surface area contributed by atoms with Gasteiger partial charge in [-0.1, -0.05) is 12.1 Å². The molecule has 19 heavy (non-hydrogen) atoms. The van der Waals surface area contributed by atoms with Crippen LogP contribution in [0.2, 0.25) is 0 Å². The second kappa shape index (κ2) is 5.03. The molecule has 0 aliphatic carbocycles. The number of sulfonamides is 1. The smallest absolute Gasteiger partial charge is 0.247 e. The minimum Gasteiger partial charge on any atom is -0.284 e. The molecule has 1 heterocycles. The summed E-state index contributed by atoms with van der Waals surface area (Å²) in [6.45, 7) is 0. The Morgan fingerprint density at radius 2 is 1.95 bits per heavy atom. The number of imide groups is 1. The Bertz CT molecular complexity index is 644. The van der Waals surface area contributed by atoms with Crippen molar-refractivity contribution in [2.75, 3.05) is 7.05 Å². The number of likely N-dealkylation sites (tertiary alicyclic amines) is 1. The van der Waals surface area contributed by atoms with Crippen LogP contribution in [-0.4, -0.2) is 38.2 Å². The van der Waals surface area contributed by atoms with Gasteiger partial charge in [-0.05, 0) is 28.1 Å². The van der Waals surface area contributed by atoms with E-state index in [2.05, 4.69) is 20.7 Å². The van der Waals surface area contributed by atoms with E-state index in [9.17, 15) is 18.0 Å². The third-order valence-electron chi connectivity index (χ3n) is 2.81. The molecule has 6 nitrogen and oxygen atoms in total. The third kappa shape index (κ3) is 2.70. The summed E-state index contributed by atoms with van der Waals surface area (Å²) in [5.74, 6) is -0.939. The van der Waals surface area contributed by atoms with Gasteiger partial charge < -0.3 is 0 Å². The number of hydrogen-bond acceptors (Lipinski definition) is 4. The van der Waals surface area contributed by atoms with Crippen LogP contribution >= 0.6 is 15.9 Å². The molecule has 1 aromatic carbocycles. The first kappa shape index (κ1) is 14.2. The van der Waals surface area contributed by atoms with Crippen molar-refractivity contribution in [2.45, 2.75) is 17.4 Å². The fourth-order valence-corrected chi connectivity index (χ4v) is 3.95. The van der Waals surface area contributed by atoms with E-state index in [0.717, 1.165) is 4.90 Å². The molecule has 2 amide bonds. The molecule has 0 radical (unpaired) electrons. The minimum atomic E-state index is -3.85. The molecule has 8 heteroatoms. The zero-order valence-corrected chi connectivity index (χ0v) is 12.4. The van der Waals surface area contributed by atoms with Gasteiger partial charge in [-0.2, -0.15) is 4.72 Å². The van der Waals surface area contributed by atoms with Gasteiger partial charge in [0.05, 0.1) is 11.3 Å². The molecule has 0 bridgehead atoms. The molecule has 0 saturated carbocycles. The minimum absolute atomic E-state index is 0.0322. The van der Waals surface area contributed by atoms with E-state index in [0.29, 0.717) is 4.47 Å². The van der Waals surface area contributed by atoms with E-state index in [1.165, 1.54) is 13.1 Å². The summed E-state index contributed by atoms with van der Waals surface area (Å²) < 4.78 is 26.9. The Morgan fingerprint density at radius 1 is 1.32 bits per heavy atom. The van der Waals surface area contributed by atoms with Gasteiger partial charge in [0.15, 0.2) is 0 Å². The van der Waals surface area contributed by atoms with Gasteiger partial charge in [0.1, 0.15) is 6.04 Å². The second-order valence-corrected chi connectivity index (χ2v) is 6.64. The maximum absolute atomic E-state index is 12.1. The van der Waals surface area contributed by atoms with Crippen molar-refractivity contribution >= 4 is 37.8 Å². The number of nitrogens with zero attached hydrogens (tertiary/aromatic N) is 1. The summed E-state index contributed by atoms with van der Waals surface area (Å²) in [7, 11) is -2.52. The Labute approximate surface area is 119 Å². The van der Waals surface area contributed by atoms with Crippen LogP contribution in [0.5, 0.6) is 0 Å². The van der Waals surface area contributed by atoms with E-state index in [1.807, 2.05) is 0 Å². The number of hydrogen-bond donors (Lipinski definition) is 1. The van der Waals surface area contributed by atoms with Gasteiger partial charge >= 0.3 is 0 Å². The standard InChI is InChI=1S/C11H11BrN2O4S/c1-14-10(15)6-8(11(14)16)13-19(17,18)9-5-3-2-4-7(9)12/h2-5,8,13H,6H2,1H3. The zero-order chi connectivity index (χ0) is 14.2. The Hall–Kier alpha value is -1.25. The van der Waals surface area contributed by atoms with Crippen molar-refractivity contribution in [3.8, 4) is 0 Å². The highest BCUT2D eigenvalue weighted by atomic mass is 79.9. The average Bonchev–Trinajstić information content (AvgIpc) is 2.57. The fourth-order valence-electron chi connectivity index (χ4n) is 1.76. The van der Waals surface area contributed by atoms with Crippen LogP contribution < -0.4 is 4.72 Å². The van der Waals surface area contributed by atoms with Crippen LogP contribution in [0, 0.1) is 0 Å². The molecule has 1 unspecified atom stereocenters. The number of carbonyl (C=O) groups is 2. The largest absolute Gasteiger partial charge is 0.284 e. The van der Waals surface area contributed by atoms with E-state index in [4.69, 9.17) is 0 Å². The monoisotopic (exact) mass is 346 g/mol. The maximum Gasteiger partial charge on any atom is 0.247 e. The molecule has 102 valence electrons. The first-order chi connectivity index (χ1) is 8.83. The summed E-state index contributed by atoms with van der Waals surface area (Å²) in [5.41, 5.74) is 0. The number of rotatable bonds is 3. The van der Waals surface area contributed by atoms with Gasteiger partial charge in [0.2, 0.25) is 21.8 Å². The van der Waals surface area contributed by atoms with Crippen molar-refractivity contribution in [1.29, 1.82) is 0 Å². The molecule has 2 rings (SSSR count). The molecule has 1 aromatic rings. The van der Waals surface area contributed by atoms with E-state index >= 15 is 0 Å². The fraction of sp³-hybridized carbons (Fsp3) is 0.273. The lowest BCUT2D eigenvalue weighted by molar-refractivity contribution is -0.137. The Morgan fingerprint density at radius 3 is 2.47 bits per heavy atom. The number of halogens is 1. The highest BCUT2D eigenvalue weighted by molar-refractivity contribution is 9.10. The molecule has 1 saturated heterocycles. The molecular formula is C11H11BrN2O4S. The van der Waals surface area contributed by atoms with Crippen molar-refractivity contribution < 1.29 is 18.0 Å². The molecule has 1 fully saturated rings.